The first-order valence-corrected chi connectivity index (χ1v) is 6.37. The van der Waals surface area contributed by atoms with E-state index in [1.807, 2.05) is 0 Å². The number of anilines is 1. The molecule has 7 nitrogen and oxygen atoms in total. The number of imidazole rings is 1. The summed E-state index contributed by atoms with van der Waals surface area (Å²) in [5.41, 5.74) is 1.34. The molecule has 1 aromatic carbocycles. The minimum atomic E-state index is -0.361. The van der Waals surface area contributed by atoms with Crippen molar-refractivity contribution in [2.24, 2.45) is 0 Å². The Balaban J connectivity index is 1.88. The van der Waals surface area contributed by atoms with Gasteiger partial charge in [0.05, 0.1) is 13.4 Å². The summed E-state index contributed by atoms with van der Waals surface area (Å²) in [6, 6.07) is 6.75. The number of carbonyl (C=O) groups is 1. The number of nitrogens with one attached hydrogen (secondary N) is 2. The molecule has 0 bridgehead atoms. The summed E-state index contributed by atoms with van der Waals surface area (Å²) in [6.07, 6.45) is 1.46. The molecule has 0 aliphatic rings. The molecule has 0 spiro atoms. The Morgan fingerprint density at radius 3 is 3.05 bits per heavy atom. The molecular weight excluding hydrogens is 294 g/mol. The molecule has 1 amide bonds. The van der Waals surface area contributed by atoms with Gasteiger partial charge < -0.3 is 9.72 Å². The number of methoxy groups -OCH3 is 1. The van der Waals surface area contributed by atoms with Crippen molar-refractivity contribution in [2.75, 3.05) is 12.4 Å². The lowest BCUT2D eigenvalue weighted by atomic mass is 10.2. The molecule has 0 aliphatic heterocycles. The topological polar surface area (TPSA) is 92.8 Å². The number of ether oxygens (including phenoxy) is 1. The van der Waals surface area contributed by atoms with Crippen LogP contribution in [0.2, 0.25) is 5.15 Å². The van der Waals surface area contributed by atoms with Crippen molar-refractivity contribution in [1.82, 2.24) is 19.9 Å². The van der Waals surface area contributed by atoms with Crippen molar-refractivity contribution in [3.63, 3.8) is 0 Å². The number of fused-ring (bicyclic) bond motifs is 1. The van der Waals surface area contributed by atoms with E-state index >= 15 is 0 Å². The minimum Gasteiger partial charge on any atom is -0.497 e. The summed E-state index contributed by atoms with van der Waals surface area (Å²) in [7, 11) is 1.53. The number of hydrogen-bond donors (Lipinski definition) is 2. The Hall–Kier alpha value is -2.67. The Labute approximate surface area is 124 Å². The number of rotatable bonds is 3. The average Bonchev–Trinajstić information content (AvgIpc) is 2.96. The van der Waals surface area contributed by atoms with Crippen LogP contribution in [0.15, 0.2) is 30.6 Å². The van der Waals surface area contributed by atoms with Gasteiger partial charge >= 0.3 is 0 Å². The van der Waals surface area contributed by atoms with Crippen molar-refractivity contribution in [1.29, 1.82) is 0 Å². The van der Waals surface area contributed by atoms with Crippen LogP contribution in [0.3, 0.4) is 0 Å². The van der Waals surface area contributed by atoms with E-state index < -0.39 is 0 Å². The monoisotopic (exact) mass is 303 g/mol. The molecule has 2 heterocycles. The summed E-state index contributed by atoms with van der Waals surface area (Å²) in [4.78, 5) is 27.1. The van der Waals surface area contributed by atoms with E-state index in [0.29, 0.717) is 22.5 Å². The van der Waals surface area contributed by atoms with E-state index in [0.717, 1.165) is 0 Å². The highest BCUT2D eigenvalue weighted by molar-refractivity contribution is 6.33. The molecule has 8 heteroatoms. The van der Waals surface area contributed by atoms with Gasteiger partial charge in [-0.1, -0.05) is 17.7 Å². The highest BCUT2D eigenvalue weighted by atomic mass is 35.5. The fourth-order valence-electron chi connectivity index (χ4n) is 1.79. The second-order valence-corrected chi connectivity index (χ2v) is 4.48. The van der Waals surface area contributed by atoms with Crippen LogP contribution in [-0.2, 0) is 0 Å². The normalized spacial score (nSPS) is 10.6. The van der Waals surface area contributed by atoms with Crippen LogP contribution in [0.5, 0.6) is 5.75 Å². The maximum atomic E-state index is 12.1. The number of halogens is 1. The standard InChI is InChI=1S/C13H10ClN5O2/c1-21-8-4-2-3-7(5-8)12(20)19-13-17-10(14)9-11(18-13)16-6-15-9/h2-6H,1H3,(H2,15,16,17,18,19,20). The number of amides is 1. The largest absolute Gasteiger partial charge is 0.497 e. The first kappa shape index (κ1) is 13.3. The van der Waals surface area contributed by atoms with Gasteiger partial charge in [0.25, 0.3) is 5.91 Å². The fourth-order valence-corrected chi connectivity index (χ4v) is 2.01. The number of aromatic nitrogens is 4. The molecule has 0 unspecified atom stereocenters. The van der Waals surface area contributed by atoms with E-state index in [4.69, 9.17) is 16.3 Å². The van der Waals surface area contributed by atoms with Gasteiger partial charge in [-0.05, 0) is 18.2 Å². The zero-order valence-corrected chi connectivity index (χ0v) is 11.7. The molecule has 0 fully saturated rings. The third-order valence-electron chi connectivity index (χ3n) is 2.80. The lowest BCUT2D eigenvalue weighted by Crippen LogP contribution is -2.14. The van der Waals surface area contributed by atoms with Crippen molar-refractivity contribution in [3.8, 4) is 5.75 Å². The molecule has 106 valence electrons. The number of benzene rings is 1. The van der Waals surface area contributed by atoms with Crippen LogP contribution in [0.1, 0.15) is 10.4 Å². The fraction of sp³-hybridized carbons (Fsp3) is 0.0769. The lowest BCUT2D eigenvalue weighted by Gasteiger charge is -2.05. The molecule has 0 saturated carbocycles. The van der Waals surface area contributed by atoms with Crippen LogP contribution in [0.4, 0.5) is 5.95 Å². The van der Waals surface area contributed by atoms with Gasteiger partial charge in [0, 0.05) is 5.56 Å². The van der Waals surface area contributed by atoms with Crippen molar-refractivity contribution >= 4 is 34.6 Å². The Bertz CT molecular complexity index is 817. The Morgan fingerprint density at radius 2 is 2.24 bits per heavy atom. The number of hydrogen-bond acceptors (Lipinski definition) is 5. The first-order chi connectivity index (χ1) is 10.2. The van der Waals surface area contributed by atoms with Crippen LogP contribution >= 0.6 is 11.6 Å². The molecule has 2 N–H and O–H groups in total. The highest BCUT2D eigenvalue weighted by Crippen LogP contribution is 2.19. The van der Waals surface area contributed by atoms with Gasteiger partial charge in [0.1, 0.15) is 11.3 Å². The van der Waals surface area contributed by atoms with Gasteiger partial charge in [-0.15, -0.1) is 0 Å². The summed E-state index contributed by atoms with van der Waals surface area (Å²) in [5.74, 6) is 0.316. The van der Waals surface area contributed by atoms with E-state index in [1.165, 1.54) is 13.4 Å². The summed E-state index contributed by atoms with van der Waals surface area (Å²) < 4.78 is 5.08. The van der Waals surface area contributed by atoms with E-state index in [-0.39, 0.29) is 17.0 Å². The molecule has 0 atom stereocenters. The Kier molecular flexibility index (Phi) is 3.41. The number of nitrogens with zero attached hydrogens (tertiary/aromatic N) is 3. The van der Waals surface area contributed by atoms with E-state index in [2.05, 4.69) is 25.3 Å². The highest BCUT2D eigenvalue weighted by Gasteiger charge is 2.12. The maximum absolute atomic E-state index is 12.1. The molecule has 0 saturated heterocycles. The van der Waals surface area contributed by atoms with E-state index in [9.17, 15) is 4.79 Å². The number of aromatic amines is 1. The molecule has 3 rings (SSSR count). The van der Waals surface area contributed by atoms with Gasteiger partial charge in [0.15, 0.2) is 10.8 Å². The van der Waals surface area contributed by atoms with Gasteiger partial charge in [0.2, 0.25) is 5.95 Å². The number of H-pyrrole nitrogens is 1. The first-order valence-electron chi connectivity index (χ1n) is 5.99. The van der Waals surface area contributed by atoms with Gasteiger partial charge in [-0.25, -0.2) is 4.98 Å². The molecule has 0 radical (unpaired) electrons. The maximum Gasteiger partial charge on any atom is 0.258 e. The molecule has 3 aromatic rings. The lowest BCUT2D eigenvalue weighted by molar-refractivity contribution is 0.102. The summed E-state index contributed by atoms with van der Waals surface area (Å²) >= 11 is 5.99. The zero-order valence-electron chi connectivity index (χ0n) is 10.9. The summed E-state index contributed by atoms with van der Waals surface area (Å²) in [5, 5.41) is 2.77. The second kappa shape index (κ2) is 5.37. The zero-order chi connectivity index (χ0) is 14.8. The second-order valence-electron chi connectivity index (χ2n) is 4.13. The molecule has 21 heavy (non-hydrogen) atoms. The third-order valence-corrected chi connectivity index (χ3v) is 3.07. The van der Waals surface area contributed by atoms with Crippen molar-refractivity contribution in [2.45, 2.75) is 0 Å². The van der Waals surface area contributed by atoms with Crippen LogP contribution in [0.25, 0.3) is 11.2 Å². The smallest absolute Gasteiger partial charge is 0.258 e. The predicted molar refractivity (Wildman–Crippen MR) is 77.6 cm³/mol. The van der Waals surface area contributed by atoms with Crippen molar-refractivity contribution < 1.29 is 9.53 Å². The quantitative estimate of drug-likeness (QED) is 0.724. The minimum absolute atomic E-state index is 0.0902. The average molecular weight is 304 g/mol. The van der Waals surface area contributed by atoms with Gasteiger partial charge in [-0.2, -0.15) is 9.97 Å². The van der Waals surface area contributed by atoms with Crippen LogP contribution in [0, 0.1) is 0 Å². The predicted octanol–water partition coefficient (Wildman–Crippen LogP) is 2.27. The van der Waals surface area contributed by atoms with Crippen LogP contribution < -0.4 is 10.1 Å². The van der Waals surface area contributed by atoms with E-state index in [1.54, 1.807) is 24.3 Å². The molecular formula is C13H10ClN5O2. The SMILES string of the molecule is COc1cccc(C(=O)Nc2nc(Cl)c3[nH]cnc3n2)c1. The molecule has 0 aliphatic carbocycles. The van der Waals surface area contributed by atoms with Crippen molar-refractivity contribution in [3.05, 3.63) is 41.3 Å². The molecule has 2 aromatic heterocycles. The number of carbonyl (C=O) groups excluding carboxylic acids is 1. The summed E-state index contributed by atoms with van der Waals surface area (Å²) in [6.45, 7) is 0. The van der Waals surface area contributed by atoms with Gasteiger partial charge in [-0.3, -0.25) is 10.1 Å². The van der Waals surface area contributed by atoms with Crippen LogP contribution in [-0.4, -0.2) is 33.0 Å². The third kappa shape index (κ3) is 2.63. The Morgan fingerprint density at radius 1 is 1.38 bits per heavy atom.